The van der Waals surface area contributed by atoms with Crippen molar-refractivity contribution in [2.75, 3.05) is 21.3 Å². The van der Waals surface area contributed by atoms with Crippen LogP contribution in [0.5, 0.6) is 17.2 Å². The molecule has 2 aromatic rings. The molecule has 4 N–H and O–H groups in total. The lowest BCUT2D eigenvalue weighted by atomic mass is 10.1. The molecular formula is C13H17N5O3. The number of nitrogens with two attached hydrogens (primary N) is 2. The van der Waals surface area contributed by atoms with Gasteiger partial charge in [-0.15, -0.1) is 0 Å². The standard InChI is InChI=1S/C13H17N5O3/c1-6-9-7(17-13(16-6)18-12(14)15)5-8(19-2)10(20-3)11(9)21-4/h5H,1-4H3,(H4,14,15,16,17,18). The third-order valence-electron chi connectivity index (χ3n) is 2.89. The Hall–Kier alpha value is -2.77. The van der Waals surface area contributed by atoms with Crippen LogP contribution in [0.15, 0.2) is 11.1 Å². The summed E-state index contributed by atoms with van der Waals surface area (Å²) >= 11 is 0. The van der Waals surface area contributed by atoms with Crippen LogP contribution in [0.1, 0.15) is 5.69 Å². The van der Waals surface area contributed by atoms with Gasteiger partial charge in [-0.2, -0.15) is 4.99 Å². The molecule has 112 valence electrons. The number of aromatic nitrogens is 2. The van der Waals surface area contributed by atoms with Gasteiger partial charge in [0.15, 0.2) is 17.5 Å². The van der Waals surface area contributed by atoms with Gasteiger partial charge in [0.05, 0.1) is 37.9 Å². The van der Waals surface area contributed by atoms with Crippen molar-refractivity contribution in [3.63, 3.8) is 0 Å². The molecule has 0 aliphatic rings. The van der Waals surface area contributed by atoms with E-state index in [1.54, 1.807) is 13.2 Å². The van der Waals surface area contributed by atoms with Crippen LogP contribution in [0.2, 0.25) is 0 Å². The first-order valence-electron chi connectivity index (χ1n) is 6.08. The number of guanidine groups is 1. The summed E-state index contributed by atoms with van der Waals surface area (Å²) in [5.74, 6) is 1.54. The second kappa shape index (κ2) is 5.70. The number of methoxy groups -OCH3 is 3. The number of fused-ring (bicyclic) bond motifs is 1. The van der Waals surface area contributed by atoms with Crippen molar-refractivity contribution in [1.29, 1.82) is 0 Å². The van der Waals surface area contributed by atoms with E-state index in [-0.39, 0.29) is 11.9 Å². The van der Waals surface area contributed by atoms with Gasteiger partial charge in [-0.05, 0) is 6.92 Å². The third kappa shape index (κ3) is 2.60. The first kappa shape index (κ1) is 14.6. The minimum atomic E-state index is -0.110. The highest BCUT2D eigenvalue weighted by molar-refractivity contribution is 5.93. The predicted octanol–water partition coefficient (Wildman–Crippen LogP) is 0.869. The Labute approximate surface area is 121 Å². The van der Waals surface area contributed by atoms with E-state index in [0.717, 1.165) is 0 Å². The van der Waals surface area contributed by atoms with Crippen LogP contribution in [0, 0.1) is 6.92 Å². The summed E-state index contributed by atoms with van der Waals surface area (Å²) in [6.45, 7) is 1.81. The van der Waals surface area contributed by atoms with Crippen LogP contribution in [0.4, 0.5) is 5.95 Å². The summed E-state index contributed by atoms with van der Waals surface area (Å²) in [4.78, 5) is 12.4. The van der Waals surface area contributed by atoms with Crippen molar-refractivity contribution < 1.29 is 14.2 Å². The molecule has 1 aromatic carbocycles. The topological polar surface area (TPSA) is 118 Å². The summed E-state index contributed by atoms with van der Waals surface area (Å²) in [7, 11) is 4.62. The van der Waals surface area contributed by atoms with Gasteiger partial charge in [-0.25, -0.2) is 9.97 Å². The molecule has 0 amide bonds. The molecule has 0 fully saturated rings. The summed E-state index contributed by atoms with van der Waals surface area (Å²) in [6, 6.07) is 1.72. The van der Waals surface area contributed by atoms with Crippen LogP contribution >= 0.6 is 0 Å². The lowest BCUT2D eigenvalue weighted by molar-refractivity contribution is 0.327. The Bertz CT molecular complexity index is 711. The van der Waals surface area contributed by atoms with Crippen molar-refractivity contribution in [2.24, 2.45) is 16.5 Å². The number of hydrogen-bond acceptors (Lipinski definition) is 6. The van der Waals surface area contributed by atoms with Gasteiger partial charge in [-0.3, -0.25) is 0 Å². The molecule has 0 atom stereocenters. The fourth-order valence-corrected chi connectivity index (χ4v) is 2.09. The molecule has 0 radical (unpaired) electrons. The maximum absolute atomic E-state index is 5.42. The number of hydrogen-bond donors (Lipinski definition) is 2. The van der Waals surface area contributed by atoms with Crippen LogP contribution in [0.25, 0.3) is 10.9 Å². The van der Waals surface area contributed by atoms with E-state index in [1.165, 1.54) is 14.2 Å². The Morgan fingerprint density at radius 1 is 1.05 bits per heavy atom. The SMILES string of the molecule is COc1cc2nc(N=C(N)N)nc(C)c2c(OC)c1OC. The molecule has 2 rings (SSSR count). The minimum Gasteiger partial charge on any atom is -0.493 e. The average molecular weight is 291 g/mol. The van der Waals surface area contributed by atoms with Crippen molar-refractivity contribution in [2.45, 2.75) is 6.92 Å². The van der Waals surface area contributed by atoms with Crippen molar-refractivity contribution >= 4 is 22.8 Å². The average Bonchev–Trinajstić information content (AvgIpc) is 2.44. The highest BCUT2D eigenvalue weighted by Crippen LogP contribution is 2.43. The van der Waals surface area contributed by atoms with Crippen molar-refractivity contribution in [3.8, 4) is 17.2 Å². The van der Waals surface area contributed by atoms with E-state index in [4.69, 9.17) is 25.7 Å². The molecule has 0 bridgehead atoms. The van der Waals surface area contributed by atoms with Crippen molar-refractivity contribution in [1.82, 2.24) is 9.97 Å². The van der Waals surface area contributed by atoms with E-state index >= 15 is 0 Å². The van der Waals surface area contributed by atoms with Crippen LogP contribution in [-0.4, -0.2) is 37.3 Å². The maximum atomic E-state index is 5.42. The second-order valence-corrected chi connectivity index (χ2v) is 4.19. The Balaban J connectivity index is 2.85. The molecule has 0 spiro atoms. The molecule has 1 aromatic heterocycles. The second-order valence-electron chi connectivity index (χ2n) is 4.19. The Morgan fingerprint density at radius 2 is 1.71 bits per heavy atom. The van der Waals surface area contributed by atoms with E-state index in [1.807, 2.05) is 6.92 Å². The number of aryl methyl sites for hydroxylation is 1. The highest BCUT2D eigenvalue weighted by Gasteiger charge is 2.19. The predicted molar refractivity (Wildman–Crippen MR) is 79.4 cm³/mol. The zero-order valence-corrected chi connectivity index (χ0v) is 12.3. The first-order valence-corrected chi connectivity index (χ1v) is 6.08. The molecule has 8 nitrogen and oxygen atoms in total. The molecule has 0 unspecified atom stereocenters. The quantitative estimate of drug-likeness (QED) is 0.633. The number of rotatable bonds is 4. The van der Waals surface area contributed by atoms with Crippen LogP contribution in [-0.2, 0) is 0 Å². The largest absolute Gasteiger partial charge is 0.493 e. The van der Waals surface area contributed by atoms with Crippen LogP contribution < -0.4 is 25.7 Å². The van der Waals surface area contributed by atoms with Gasteiger partial charge >= 0.3 is 0 Å². The fourth-order valence-electron chi connectivity index (χ4n) is 2.09. The summed E-state index contributed by atoms with van der Waals surface area (Å²) in [5, 5.41) is 0.713. The monoisotopic (exact) mass is 291 g/mol. The van der Waals surface area contributed by atoms with Gasteiger partial charge in [-0.1, -0.05) is 0 Å². The molecule has 0 saturated heterocycles. The van der Waals surface area contributed by atoms with Gasteiger partial charge in [0.1, 0.15) is 0 Å². The lowest BCUT2D eigenvalue weighted by Crippen LogP contribution is -2.22. The van der Waals surface area contributed by atoms with E-state index in [9.17, 15) is 0 Å². The third-order valence-corrected chi connectivity index (χ3v) is 2.89. The zero-order valence-electron chi connectivity index (χ0n) is 12.3. The molecular weight excluding hydrogens is 274 g/mol. The minimum absolute atomic E-state index is 0.110. The Morgan fingerprint density at radius 3 is 2.24 bits per heavy atom. The summed E-state index contributed by atoms with van der Waals surface area (Å²) in [6.07, 6.45) is 0. The molecule has 1 heterocycles. The molecule has 0 aliphatic heterocycles. The summed E-state index contributed by atoms with van der Waals surface area (Å²) in [5.41, 5.74) is 12.0. The number of ether oxygens (including phenoxy) is 3. The normalized spacial score (nSPS) is 10.3. The van der Waals surface area contributed by atoms with E-state index in [0.29, 0.717) is 33.8 Å². The van der Waals surface area contributed by atoms with E-state index in [2.05, 4.69) is 15.0 Å². The smallest absolute Gasteiger partial charge is 0.253 e. The number of aliphatic imine (C=N–C) groups is 1. The van der Waals surface area contributed by atoms with Gasteiger partial charge in [0, 0.05) is 6.07 Å². The number of benzene rings is 1. The number of nitrogens with zero attached hydrogens (tertiary/aromatic N) is 3. The molecule has 21 heavy (non-hydrogen) atoms. The summed E-state index contributed by atoms with van der Waals surface area (Å²) < 4.78 is 16.1. The van der Waals surface area contributed by atoms with Gasteiger partial charge in [0.25, 0.3) is 5.95 Å². The molecule has 0 aliphatic carbocycles. The zero-order chi connectivity index (χ0) is 15.6. The maximum Gasteiger partial charge on any atom is 0.253 e. The van der Waals surface area contributed by atoms with Crippen molar-refractivity contribution in [3.05, 3.63) is 11.8 Å². The van der Waals surface area contributed by atoms with Gasteiger partial charge in [0.2, 0.25) is 5.75 Å². The van der Waals surface area contributed by atoms with Crippen LogP contribution in [0.3, 0.4) is 0 Å². The first-order chi connectivity index (χ1) is 10.0. The Kier molecular flexibility index (Phi) is 3.97. The fraction of sp³-hybridized carbons (Fsp3) is 0.308. The highest BCUT2D eigenvalue weighted by atomic mass is 16.5. The van der Waals surface area contributed by atoms with E-state index < -0.39 is 0 Å². The molecule has 8 heteroatoms. The lowest BCUT2D eigenvalue weighted by Gasteiger charge is -2.15. The molecule has 0 saturated carbocycles. The van der Waals surface area contributed by atoms with Gasteiger partial charge < -0.3 is 25.7 Å².